The smallest absolute Gasteiger partial charge is 0.225 e. The second-order valence-electron chi connectivity index (χ2n) is 5.00. The Kier molecular flexibility index (Phi) is 7.93. The molecule has 0 saturated heterocycles. The van der Waals surface area contributed by atoms with E-state index in [0.29, 0.717) is 22.7 Å². The SMILES string of the molecule is CCCCN(CC)CCC(=O)Nc1ccccc1C(N)=S. The third-order valence-electron chi connectivity index (χ3n) is 3.40. The molecule has 3 N–H and O–H groups in total. The van der Waals surface area contributed by atoms with Crippen molar-refractivity contribution in [2.24, 2.45) is 5.73 Å². The van der Waals surface area contributed by atoms with Crippen LogP contribution in [0.3, 0.4) is 0 Å². The van der Waals surface area contributed by atoms with E-state index in [1.165, 1.54) is 12.8 Å². The lowest BCUT2D eigenvalue weighted by Crippen LogP contribution is -2.29. The number of nitrogens with zero attached hydrogens (tertiary/aromatic N) is 1. The fourth-order valence-electron chi connectivity index (χ4n) is 2.09. The zero-order chi connectivity index (χ0) is 15.7. The second-order valence-corrected chi connectivity index (χ2v) is 5.44. The van der Waals surface area contributed by atoms with Gasteiger partial charge in [-0.05, 0) is 31.6 Å². The molecule has 0 aliphatic carbocycles. The largest absolute Gasteiger partial charge is 0.389 e. The van der Waals surface area contributed by atoms with Crippen LogP contribution in [-0.4, -0.2) is 35.4 Å². The molecule has 0 unspecified atom stereocenters. The molecule has 1 amide bonds. The number of unbranched alkanes of at least 4 members (excludes halogenated alkanes) is 1. The minimum atomic E-state index is -0.00588. The van der Waals surface area contributed by atoms with Crippen molar-refractivity contribution in [2.75, 3.05) is 25.0 Å². The Morgan fingerprint density at radius 2 is 2.00 bits per heavy atom. The number of amides is 1. The van der Waals surface area contributed by atoms with Crippen LogP contribution in [0.15, 0.2) is 24.3 Å². The number of hydrogen-bond donors (Lipinski definition) is 2. The van der Waals surface area contributed by atoms with Crippen LogP contribution in [0.5, 0.6) is 0 Å². The molecule has 0 fully saturated rings. The van der Waals surface area contributed by atoms with Gasteiger partial charge in [0.05, 0.1) is 5.69 Å². The van der Waals surface area contributed by atoms with Gasteiger partial charge in [-0.2, -0.15) is 0 Å². The number of anilines is 1. The Hall–Kier alpha value is -1.46. The molecule has 4 nitrogen and oxygen atoms in total. The summed E-state index contributed by atoms with van der Waals surface area (Å²) in [7, 11) is 0. The maximum atomic E-state index is 12.1. The van der Waals surface area contributed by atoms with Gasteiger partial charge in [0.25, 0.3) is 0 Å². The molecule has 0 bridgehead atoms. The van der Waals surface area contributed by atoms with E-state index >= 15 is 0 Å². The number of nitrogens with one attached hydrogen (secondary N) is 1. The van der Waals surface area contributed by atoms with E-state index < -0.39 is 0 Å². The van der Waals surface area contributed by atoms with Crippen LogP contribution in [0.2, 0.25) is 0 Å². The molecule has 0 aromatic heterocycles. The van der Waals surface area contributed by atoms with Crippen molar-refractivity contribution < 1.29 is 4.79 Å². The second kappa shape index (κ2) is 9.47. The summed E-state index contributed by atoms with van der Waals surface area (Å²) in [4.78, 5) is 14.6. The maximum Gasteiger partial charge on any atom is 0.225 e. The molecule has 1 aromatic carbocycles. The predicted molar refractivity (Wildman–Crippen MR) is 92.6 cm³/mol. The molecule has 0 radical (unpaired) electrons. The quantitative estimate of drug-likeness (QED) is 0.689. The molecule has 116 valence electrons. The number of nitrogens with two attached hydrogens (primary N) is 1. The number of rotatable bonds is 9. The molecule has 0 heterocycles. The molecule has 0 aliphatic rings. The van der Waals surface area contributed by atoms with Crippen LogP contribution in [0, 0.1) is 0 Å². The van der Waals surface area contributed by atoms with E-state index in [1.807, 2.05) is 24.3 Å². The van der Waals surface area contributed by atoms with Crippen LogP contribution in [0.4, 0.5) is 5.69 Å². The fourth-order valence-corrected chi connectivity index (χ4v) is 2.27. The highest BCUT2D eigenvalue weighted by atomic mass is 32.1. The van der Waals surface area contributed by atoms with E-state index in [0.717, 1.165) is 19.6 Å². The molecule has 0 saturated carbocycles. The van der Waals surface area contributed by atoms with Crippen molar-refractivity contribution in [1.29, 1.82) is 0 Å². The van der Waals surface area contributed by atoms with Gasteiger partial charge in [-0.25, -0.2) is 0 Å². The fraction of sp³-hybridized carbons (Fsp3) is 0.500. The Morgan fingerprint density at radius 1 is 1.29 bits per heavy atom. The first kappa shape index (κ1) is 17.6. The molecule has 0 aliphatic heterocycles. The first-order valence-electron chi connectivity index (χ1n) is 7.49. The normalized spacial score (nSPS) is 10.6. The van der Waals surface area contributed by atoms with Gasteiger partial charge < -0.3 is 16.0 Å². The van der Waals surface area contributed by atoms with Gasteiger partial charge in [0.2, 0.25) is 5.91 Å². The van der Waals surface area contributed by atoms with Crippen LogP contribution >= 0.6 is 12.2 Å². The van der Waals surface area contributed by atoms with Gasteiger partial charge in [0, 0.05) is 18.5 Å². The summed E-state index contributed by atoms with van der Waals surface area (Å²) in [5, 5.41) is 2.89. The van der Waals surface area contributed by atoms with Crippen molar-refractivity contribution in [3.63, 3.8) is 0 Å². The van der Waals surface area contributed by atoms with Crippen LogP contribution in [-0.2, 0) is 4.79 Å². The highest BCUT2D eigenvalue weighted by molar-refractivity contribution is 7.80. The van der Waals surface area contributed by atoms with E-state index in [9.17, 15) is 4.79 Å². The summed E-state index contributed by atoms with van der Waals surface area (Å²) in [5.41, 5.74) is 7.06. The van der Waals surface area contributed by atoms with Crippen LogP contribution in [0.25, 0.3) is 0 Å². The molecular formula is C16H25N3OS. The summed E-state index contributed by atoms with van der Waals surface area (Å²) in [5.74, 6) is -0.00588. The zero-order valence-corrected chi connectivity index (χ0v) is 13.7. The Bertz CT molecular complexity index is 476. The van der Waals surface area contributed by atoms with Gasteiger partial charge in [-0.1, -0.05) is 44.6 Å². The predicted octanol–water partition coefficient (Wildman–Crippen LogP) is 2.77. The highest BCUT2D eigenvalue weighted by Gasteiger charge is 2.10. The molecule has 0 spiro atoms. The maximum absolute atomic E-state index is 12.1. The highest BCUT2D eigenvalue weighted by Crippen LogP contribution is 2.15. The molecule has 5 heteroatoms. The van der Waals surface area contributed by atoms with E-state index in [1.54, 1.807) is 0 Å². The van der Waals surface area contributed by atoms with Gasteiger partial charge in [-0.15, -0.1) is 0 Å². The first-order valence-corrected chi connectivity index (χ1v) is 7.90. The number of benzene rings is 1. The monoisotopic (exact) mass is 307 g/mol. The van der Waals surface area contributed by atoms with E-state index in [2.05, 4.69) is 24.1 Å². The number of para-hydroxylation sites is 1. The van der Waals surface area contributed by atoms with Crippen molar-refractivity contribution in [1.82, 2.24) is 4.90 Å². The topological polar surface area (TPSA) is 58.4 Å². The van der Waals surface area contributed by atoms with Gasteiger partial charge in [-0.3, -0.25) is 4.79 Å². The lowest BCUT2D eigenvalue weighted by atomic mass is 10.1. The van der Waals surface area contributed by atoms with Gasteiger partial charge >= 0.3 is 0 Å². The first-order chi connectivity index (χ1) is 10.1. The summed E-state index contributed by atoms with van der Waals surface area (Å²) in [6.45, 7) is 7.08. The molecule has 0 atom stereocenters. The number of carbonyl (C=O) groups is 1. The van der Waals surface area contributed by atoms with Crippen LogP contribution < -0.4 is 11.1 Å². The average molecular weight is 307 g/mol. The van der Waals surface area contributed by atoms with Crippen molar-refractivity contribution in [2.45, 2.75) is 33.1 Å². The van der Waals surface area contributed by atoms with Crippen molar-refractivity contribution >= 4 is 28.8 Å². The zero-order valence-electron chi connectivity index (χ0n) is 12.9. The van der Waals surface area contributed by atoms with Gasteiger partial charge in [0.15, 0.2) is 0 Å². The number of hydrogen-bond acceptors (Lipinski definition) is 3. The lowest BCUT2D eigenvalue weighted by Gasteiger charge is -2.19. The lowest BCUT2D eigenvalue weighted by molar-refractivity contribution is -0.116. The minimum absolute atomic E-state index is 0.00588. The summed E-state index contributed by atoms with van der Waals surface area (Å²) in [6, 6.07) is 7.35. The molecular weight excluding hydrogens is 282 g/mol. The average Bonchev–Trinajstić information content (AvgIpc) is 2.47. The van der Waals surface area contributed by atoms with Crippen molar-refractivity contribution in [3.05, 3.63) is 29.8 Å². The third-order valence-corrected chi connectivity index (χ3v) is 3.62. The van der Waals surface area contributed by atoms with Crippen molar-refractivity contribution in [3.8, 4) is 0 Å². The summed E-state index contributed by atoms with van der Waals surface area (Å²) < 4.78 is 0. The Labute approximate surface area is 132 Å². The van der Waals surface area contributed by atoms with E-state index in [4.69, 9.17) is 18.0 Å². The number of thiocarbonyl (C=S) groups is 1. The minimum Gasteiger partial charge on any atom is -0.389 e. The summed E-state index contributed by atoms with van der Waals surface area (Å²) in [6.07, 6.45) is 2.81. The molecule has 1 aromatic rings. The number of carbonyl (C=O) groups excluding carboxylic acids is 1. The molecule has 1 rings (SSSR count). The standard InChI is InChI=1S/C16H25N3OS/c1-3-5-11-19(4-2)12-10-15(20)18-14-9-7-6-8-13(14)16(17)21/h6-9H,3-5,10-12H2,1-2H3,(H2,17,21)(H,18,20). The third kappa shape index (κ3) is 6.23. The van der Waals surface area contributed by atoms with Gasteiger partial charge in [0.1, 0.15) is 4.99 Å². The Balaban J connectivity index is 2.52. The Morgan fingerprint density at radius 3 is 2.62 bits per heavy atom. The summed E-state index contributed by atoms with van der Waals surface area (Å²) >= 11 is 4.99. The van der Waals surface area contributed by atoms with Crippen LogP contribution in [0.1, 0.15) is 38.7 Å². The van der Waals surface area contributed by atoms with E-state index in [-0.39, 0.29) is 5.91 Å². The molecule has 21 heavy (non-hydrogen) atoms.